The molecule has 6 rings (SSSR count). The smallest absolute Gasteiger partial charge is 0.266 e. The molecule has 0 unspecified atom stereocenters. The van der Waals surface area contributed by atoms with E-state index in [1.54, 1.807) is 15.9 Å². The van der Waals surface area contributed by atoms with Crippen LogP contribution in [0.3, 0.4) is 0 Å². The lowest BCUT2D eigenvalue weighted by Gasteiger charge is -2.16. The van der Waals surface area contributed by atoms with Crippen molar-refractivity contribution < 1.29 is 0 Å². The molecule has 0 saturated heterocycles. The van der Waals surface area contributed by atoms with E-state index in [1.807, 2.05) is 56.3 Å². The number of para-hydroxylation sites is 1. The van der Waals surface area contributed by atoms with Crippen LogP contribution in [0.4, 0.5) is 0 Å². The molecule has 35 heavy (non-hydrogen) atoms. The molecule has 0 atom stereocenters. The van der Waals surface area contributed by atoms with Crippen molar-refractivity contribution in [2.24, 2.45) is 0 Å². The number of hydrogen-bond acceptors (Lipinski definition) is 6. The number of rotatable bonds is 4. The van der Waals surface area contributed by atoms with Crippen LogP contribution in [0, 0.1) is 13.8 Å². The standard InChI is InChI=1S/C27H24N4O2S2/c1-15-8-7-12-20(16(15)2)31-26(33)17-9-3-5-11-19(17)28-27(31)34-14-22-29-24(32)23-18-10-4-6-13-21(18)35-25(23)30-22/h3,5,7-9,11-12H,4,6,10,13-14H2,1-2H3,(H,29,30,32). The fourth-order valence-electron chi connectivity index (χ4n) is 4.81. The van der Waals surface area contributed by atoms with Gasteiger partial charge in [-0.25, -0.2) is 9.97 Å². The summed E-state index contributed by atoms with van der Waals surface area (Å²) in [5.41, 5.74) is 4.63. The van der Waals surface area contributed by atoms with E-state index in [4.69, 9.17) is 9.97 Å². The fraction of sp³-hybridized carbons (Fsp3) is 0.259. The maximum Gasteiger partial charge on any atom is 0.266 e. The zero-order valence-corrected chi connectivity index (χ0v) is 21.2. The van der Waals surface area contributed by atoms with Crippen molar-refractivity contribution in [2.45, 2.75) is 50.4 Å². The summed E-state index contributed by atoms with van der Waals surface area (Å²) in [7, 11) is 0. The van der Waals surface area contributed by atoms with Gasteiger partial charge in [0, 0.05) is 4.88 Å². The lowest BCUT2D eigenvalue weighted by Crippen LogP contribution is -2.23. The Morgan fingerprint density at radius 3 is 2.74 bits per heavy atom. The summed E-state index contributed by atoms with van der Waals surface area (Å²) in [4.78, 5) is 41.3. The Kier molecular flexibility index (Phi) is 5.57. The van der Waals surface area contributed by atoms with E-state index in [9.17, 15) is 9.59 Å². The number of hydrogen-bond donors (Lipinski definition) is 1. The molecule has 0 radical (unpaired) electrons. The van der Waals surface area contributed by atoms with Gasteiger partial charge in [0.15, 0.2) is 5.16 Å². The van der Waals surface area contributed by atoms with E-state index in [2.05, 4.69) is 4.98 Å². The highest BCUT2D eigenvalue weighted by Crippen LogP contribution is 2.34. The summed E-state index contributed by atoms with van der Waals surface area (Å²) in [5.74, 6) is 1.00. The Hall–Kier alpha value is -3.23. The number of nitrogens with one attached hydrogen (secondary N) is 1. The van der Waals surface area contributed by atoms with Gasteiger partial charge in [0.05, 0.1) is 27.7 Å². The number of aryl methyl sites for hydroxylation is 3. The minimum atomic E-state index is -0.102. The number of H-pyrrole nitrogens is 1. The number of aromatic nitrogens is 4. The minimum absolute atomic E-state index is 0.0663. The molecule has 6 nitrogen and oxygen atoms in total. The molecule has 0 fully saturated rings. The van der Waals surface area contributed by atoms with Crippen LogP contribution < -0.4 is 11.1 Å². The third-order valence-electron chi connectivity index (χ3n) is 6.77. The first-order chi connectivity index (χ1) is 17.0. The van der Waals surface area contributed by atoms with Gasteiger partial charge >= 0.3 is 0 Å². The average molecular weight is 501 g/mol. The quantitative estimate of drug-likeness (QED) is 0.261. The number of thiophene rings is 1. The number of aromatic amines is 1. The van der Waals surface area contributed by atoms with Crippen LogP contribution in [0.5, 0.6) is 0 Å². The summed E-state index contributed by atoms with van der Waals surface area (Å²) in [5, 5.41) is 1.92. The van der Waals surface area contributed by atoms with Crippen molar-refractivity contribution >= 4 is 44.2 Å². The molecule has 0 bridgehead atoms. The Bertz CT molecular complexity index is 1730. The molecular formula is C27H24N4O2S2. The van der Waals surface area contributed by atoms with Gasteiger partial charge in [-0.15, -0.1) is 11.3 Å². The van der Waals surface area contributed by atoms with Gasteiger partial charge in [-0.05, 0) is 74.4 Å². The lowest BCUT2D eigenvalue weighted by molar-refractivity contribution is 0.700. The Morgan fingerprint density at radius 2 is 1.86 bits per heavy atom. The highest BCUT2D eigenvalue weighted by atomic mass is 32.2. The van der Waals surface area contributed by atoms with Gasteiger partial charge < -0.3 is 4.98 Å². The molecule has 1 N–H and O–H groups in total. The second kappa shape index (κ2) is 8.77. The predicted molar refractivity (Wildman–Crippen MR) is 143 cm³/mol. The maximum absolute atomic E-state index is 13.6. The van der Waals surface area contributed by atoms with Crippen molar-refractivity contribution in [1.29, 1.82) is 0 Å². The van der Waals surface area contributed by atoms with Gasteiger partial charge in [-0.3, -0.25) is 14.2 Å². The number of benzene rings is 2. The van der Waals surface area contributed by atoms with E-state index in [0.717, 1.165) is 46.3 Å². The summed E-state index contributed by atoms with van der Waals surface area (Å²) in [6.45, 7) is 4.06. The van der Waals surface area contributed by atoms with E-state index in [0.29, 0.717) is 27.6 Å². The Morgan fingerprint density at radius 1 is 1.03 bits per heavy atom. The Labute approximate surface area is 210 Å². The van der Waals surface area contributed by atoms with Crippen LogP contribution in [0.1, 0.15) is 40.2 Å². The molecule has 0 aliphatic heterocycles. The van der Waals surface area contributed by atoms with Crippen LogP contribution in [-0.2, 0) is 18.6 Å². The molecule has 5 aromatic rings. The first kappa shape index (κ1) is 22.2. The first-order valence-electron chi connectivity index (χ1n) is 11.8. The first-order valence-corrected chi connectivity index (χ1v) is 13.6. The molecule has 0 spiro atoms. The van der Waals surface area contributed by atoms with Crippen molar-refractivity contribution in [1.82, 2.24) is 19.5 Å². The van der Waals surface area contributed by atoms with Crippen molar-refractivity contribution in [2.75, 3.05) is 0 Å². The fourth-order valence-corrected chi connectivity index (χ4v) is 6.97. The van der Waals surface area contributed by atoms with E-state index in [1.165, 1.54) is 28.6 Å². The van der Waals surface area contributed by atoms with Crippen molar-refractivity contribution in [3.63, 3.8) is 0 Å². The third kappa shape index (κ3) is 3.81. The zero-order valence-electron chi connectivity index (χ0n) is 19.6. The molecule has 1 aliphatic carbocycles. The van der Waals surface area contributed by atoms with Crippen LogP contribution >= 0.6 is 23.1 Å². The molecule has 0 saturated carbocycles. The molecule has 3 heterocycles. The molecule has 176 valence electrons. The summed E-state index contributed by atoms with van der Waals surface area (Å²) >= 11 is 3.06. The largest absolute Gasteiger partial charge is 0.309 e. The zero-order chi connectivity index (χ0) is 24.1. The lowest BCUT2D eigenvalue weighted by atomic mass is 9.97. The van der Waals surface area contributed by atoms with Crippen LogP contribution in [-0.4, -0.2) is 19.5 Å². The SMILES string of the molecule is Cc1cccc(-n2c(SCc3nc4sc5c(c4c(=O)[nH]3)CCCC5)nc3ccccc3c2=O)c1C. The molecule has 0 amide bonds. The summed E-state index contributed by atoms with van der Waals surface area (Å²) in [6.07, 6.45) is 4.28. The third-order valence-corrected chi connectivity index (χ3v) is 8.91. The van der Waals surface area contributed by atoms with E-state index in [-0.39, 0.29) is 11.1 Å². The molecule has 3 aromatic heterocycles. The maximum atomic E-state index is 13.6. The summed E-state index contributed by atoms with van der Waals surface area (Å²) < 4.78 is 1.69. The highest BCUT2D eigenvalue weighted by molar-refractivity contribution is 7.98. The van der Waals surface area contributed by atoms with Gasteiger partial charge in [0.1, 0.15) is 10.7 Å². The van der Waals surface area contributed by atoms with Crippen LogP contribution in [0.25, 0.3) is 26.8 Å². The second-order valence-electron chi connectivity index (χ2n) is 8.96. The van der Waals surface area contributed by atoms with Crippen molar-refractivity contribution in [3.8, 4) is 5.69 Å². The Balaban J connectivity index is 1.45. The molecule has 8 heteroatoms. The number of nitrogens with zero attached hydrogens (tertiary/aromatic N) is 3. The van der Waals surface area contributed by atoms with E-state index < -0.39 is 0 Å². The molecule has 1 aliphatic rings. The van der Waals surface area contributed by atoms with Gasteiger partial charge in [0.25, 0.3) is 11.1 Å². The van der Waals surface area contributed by atoms with Crippen LogP contribution in [0.2, 0.25) is 0 Å². The van der Waals surface area contributed by atoms with Gasteiger partial charge in [-0.2, -0.15) is 0 Å². The number of fused-ring (bicyclic) bond motifs is 4. The van der Waals surface area contributed by atoms with Gasteiger partial charge in [0.2, 0.25) is 0 Å². The minimum Gasteiger partial charge on any atom is -0.309 e. The van der Waals surface area contributed by atoms with E-state index >= 15 is 0 Å². The molecular weight excluding hydrogens is 476 g/mol. The topological polar surface area (TPSA) is 80.6 Å². The van der Waals surface area contributed by atoms with Gasteiger partial charge in [-0.1, -0.05) is 36.0 Å². The van der Waals surface area contributed by atoms with Crippen LogP contribution in [0.15, 0.2) is 57.2 Å². The summed E-state index contributed by atoms with van der Waals surface area (Å²) in [6, 6.07) is 13.4. The average Bonchev–Trinajstić information content (AvgIpc) is 3.24. The monoisotopic (exact) mass is 500 g/mol. The molecule has 2 aromatic carbocycles. The number of thioether (sulfide) groups is 1. The van der Waals surface area contributed by atoms with Crippen molar-refractivity contribution in [3.05, 3.63) is 90.6 Å². The highest BCUT2D eigenvalue weighted by Gasteiger charge is 2.21. The second-order valence-corrected chi connectivity index (χ2v) is 11.0. The normalized spacial score (nSPS) is 13.4. The predicted octanol–water partition coefficient (Wildman–Crippen LogP) is 5.47.